The quantitative estimate of drug-likeness (QED) is 0.865. The number of hydrogen-bond acceptors (Lipinski definition) is 1. The van der Waals surface area contributed by atoms with Crippen molar-refractivity contribution in [3.63, 3.8) is 0 Å². The SMILES string of the molecule is O=C1CCCC(c2ccc(Cl)cc2)(c2ccc(Cl)cc2)N1. The minimum Gasteiger partial charge on any atom is -0.342 e. The third-order valence-corrected chi connectivity index (χ3v) is 4.49. The van der Waals surface area contributed by atoms with Gasteiger partial charge in [-0.15, -0.1) is 0 Å². The summed E-state index contributed by atoms with van der Waals surface area (Å²) in [6, 6.07) is 15.3. The standard InChI is InChI=1S/C17H15Cl2NO/c18-14-7-3-12(4-8-14)17(11-1-2-16(21)20-17)13-5-9-15(19)10-6-13/h3-10H,1-2,11H2,(H,20,21). The van der Waals surface area contributed by atoms with Crippen LogP contribution in [0, 0.1) is 0 Å². The molecule has 0 spiro atoms. The largest absolute Gasteiger partial charge is 0.342 e. The average Bonchev–Trinajstić information content (AvgIpc) is 2.48. The molecule has 0 radical (unpaired) electrons. The van der Waals surface area contributed by atoms with E-state index in [1.807, 2.05) is 48.5 Å². The van der Waals surface area contributed by atoms with Gasteiger partial charge in [-0.3, -0.25) is 4.79 Å². The van der Waals surface area contributed by atoms with Crippen molar-refractivity contribution in [3.05, 3.63) is 69.7 Å². The number of carbonyl (C=O) groups is 1. The summed E-state index contributed by atoms with van der Waals surface area (Å²) in [5, 5.41) is 4.55. The van der Waals surface area contributed by atoms with Crippen LogP contribution in [-0.4, -0.2) is 5.91 Å². The van der Waals surface area contributed by atoms with E-state index < -0.39 is 5.54 Å². The maximum atomic E-state index is 12.0. The molecular formula is C17H15Cl2NO. The molecule has 0 atom stereocenters. The molecule has 1 aliphatic heterocycles. The van der Waals surface area contributed by atoms with Gasteiger partial charge in [-0.05, 0) is 48.2 Å². The van der Waals surface area contributed by atoms with Gasteiger partial charge in [-0.2, -0.15) is 0 Å². The zero-order chi connectivity index (χ0) is 14.9. The molecular weight excluding hydrogens is 305 g/mol. The molecule has 2 aromatic rings. The van der Waals surface area contributed by atoms with Crippen LogP contribution < -0.4 is 5.32 Å². The highest BCUT2D eigenvalue weighted by atomic mass is 35.5. The molecule has 0 unspecified atom stereocenters. The highest BCUT2D eigenvalue weighted by molar-refractivity contribution is 6.30. The Morgan fingerprint density at radius 2 is 1.33 bits per heavy atom. The molecule has 21 heavy (non-hydrogen) atoms. The van der Waals surface area contributed by atoms with Crippen molar-refractivity contribution < 1.29 is 4.79 Å². The van der Waals surface area contributed by atoms with Gasteiger partial charge >= 0.3 is 0 Å². The fourth-order valence-corrected chi connectivity index (χ4v) is 3.20. The van der Waals surface area contributed by atoms with E-state index >= 15 is 0 Å². The monoisotopic (exact) mass is 319 g/mol. The van der Waals surface area contributed by atoms with Gasteiger partial charge in [0.2, 0.25) is 5.91 Å². The summed E-state index contributed by atoms with van der Waals surface area (Å²) in [5.41, 5.74) is 1.59. The van der Waals surface area contributed by atoms with Gasteiger partial charge in [0.05, 0.1) is 5.54 Å². The lowest BCUT2D eigenvalue weighted by atomic mass is 9.76. The fourth-order valence-electron chi connectivity index (χ4n) is 2.95. The van der Waals surface area contributed by atoms with Crippen LogP contribution in [0.1, 0.15) is 30.4 Å². The van der Waals surface area contributed by atoms with Gasteiger partial charge < -0.3 is 5.32 Å². The van der Waals surface area contributed by atoms with Crippen LogP contribution in [0.4, 0.5) is 0 Å². The highest BCUT2D eigenvalue weighted by Gasteiger charge is 2.38. The van der Waals surface area contributed by atoms with Crippen LogP contribution in [0.15, 0.2) is 48.5 Å². The Labute approximate surface area is 134 Å². The molecule has 1 heterocycles. The Morgan fingerprint density at radius 1 is 0.857 bits per heavy atom. The van der Waals surface area contributed by atoms with Crippen molar-refractivity contribution >= 4 is 29.1 Å². The zero-order valence-electron chi connectivity index (χ0n) is 11.4. The van der Waals surface area contributed by atoms with Gasteiger partial charge in [0, 0.05) is 16.5 Å². The van der Waals surface area contributed by atoms with E-state index in [-0.39, 0.29) is 5.91 Å². The lowest BCUT2D eigenvalue weighted by Gasteiger charge is -2.39. The Balaban J connectivity index is 2.12. The van der Waals surface area contributed by atoms with E-state index in [0.29, 0.717) is 16.5 Å². The Bertz CT molecular complexity index is 604. The second kappa shape index (κ2) is 5.70. The Kier molecular flexibility index (Phi) is 3.92. The van der Waals surface area contributed by atoms with Crippen LogP contribution in [0.25, 0.3) is 0 Å². The number of benzene rings is 2. The topological polar surface area (TPSA) is 29.1 Å². The van der Waals surface area contributed by atoms with Crippen molar-refractivity contribution in [2.24, 2.45) is 0 Å². The van der Waals surface area contributed by atoms with Crippen molar-refractivity contribution in [2.75, 3.05) is 0 Å². The maximum Gasteiger partial charge on any atom is 0.220 e. The molecule has 2 aromatic carbocycles. The first-order valence-electron chi connectivity index (χ1n) is 6.93. The molecule has 2 nitrogen and oxygen atoms in total. The first-order valence-corrected chi connectivity index (χ1v) is 7.69. The van der Waals surface area contributed by atoms with Crippen molar-refractivity contribution in [1.29, 1.82) is 0 Å². The first-order chi connectivity index (χ1) is 10.1. The lowest BCUT2D eigenvalue weighted by Crippen LogP contribution is -2.49. The van der Waals surface area contributed by atoms with Crippen LogP contribution >= 0.6 is 23.2 Å². The van der Waals surface area contributed by atoms with E-state index in [2.05, 4.69) is 5.32 Å². The molecule has 0 aromatic heterocycles. The number of piperidine rings is 1. The smallest absolute Gasteiger partial charge is 0.220 e. The average molecular weight is 320 g/mol. The molecule has 0 bridgehead atoms. The van der Waals surface area contributed by atoms with Gasteiger partial charge in [-0.25, -0.2) is 0 Å². The molecule has 3 rings (SSSR count). The summed E-state index contributed by atoms with van der Waals surface area (Å²) in [4.78, 5) is 12.0. The summed E-state index contributed by atoms with van der Waals surface area (Å²) in [6.07, 6.45) is 2.29. The number of hydrogen-bond donors (Lipinski definition) is 1. The summed E-state index contributed by atoms with van der Waals surface area (Å²) >= 11 is 12.0. The van der Waals surface area contributed by atoms with E-state index in [1.54, 1.807) is 0 Å². The fraction of sp³-hybridized carbons (Fsp3) is 0.235. The number of amides is 1. The number of halogens is 2. The molecule has 1 N–H and O–H groups in total. The van der Waals surface area contributed by atoms with Crippen molar-refractivity contribution in [1.82, 2.24) is 5.32 Å². The first kappa shape index (κ1) is 14.4. The second-order valence-electron chi connectivity index (χ2n) is 5.32. The predicted molar refractivity (Wildman–Crippen MR) is 85.7 cm³/mol. The van der Waals surface area contributed by atoms with E-state index in [1.165, 1.54) is 0 Å². The summed E-state index contributed by atoms with van der Waals surface area (Å²) < 4.78 is 0. The molecule has 108 valence electrons. The minimum atomic E-state index is -0.496. The van der Waals surface area contributed by atoms with Crippen molar-refractivity contribution in [2.45, 2.75) is 24.8 Å². The Morgan fingerprint density at radius 3 is 1.76 bits per heavy atom. The van der Waals surface area contributed by atoms with Gasteiger partial charge in [0.25, 0.3) is 0 Å². The number of carbonyl (C=O) groups excluding carboxylic acids is 1. The van der Waals surface area contributed by atoms with Crippen LogP contribution in [0.5, 0.6) is 0 Å². The van der Waals surface area contributed by atoms with Crippen LogP contribution in [0.2, 0.25) is 10.0 Å². The summed E-state index contributed by atoms with van der Waals surface area (Å²) in [7, 11) is 0. The number of nitrogens with one attached hydrogen (secondary N) is 1. The molecule has 0 saturated carbocycles. The van der Waals surface area contributed by atoms with E-state index in [9.17, 15) is 4.79 Å². The Hall–Kier alpha value is -1.51. The second-order valence-corrected chi connectivity index (χ2v) is 6.19. The molecule has 0 aliphatic carbocycles. The third-order valence-electron chi connectivity index (χ3n) is 3.98. The number of rotatable bonds is 2. The highest BCUT2D eigenvalue weighted by Crippen LogP contribution is 2.38. The molecule has 1 aliphatic rings. The summed E-state index contributed by atoms with van der Waals surface area (Å²) in [6.45, 7) is 0. The van der Waals surface area contributed by atoms with Crippen LogP contribution in [-0.2, 0) is 10.3 Å². The molecule has 1 amide bonds. The summed E-state index contributed by atoms with van der Waals surface area (Å²) in [5.74, 6) is 0.0751. The predicted octanol–water partition coefficient (Wildman–Crippen LogP) is 4.54. The minimum absolute atomic E-state index is 0.0751. The van der Waals surface area contributed by atoms with Gasteiger partial charge in [0.15, 0.2) is 0 Å². The van der Waals surface area contributed by atoms with E-state index in [4.69, 9.17) is 23.2 Å². The van der Waals surface area contributed by atoms with Crippen molar-refractivity contribution in [3.8, 4) is 0 Å². The van der Waals surface area contributed by atoms with Gasteiger partial charge in [0.1, 0.15) is 0 Å². The molecule has 1 saturated heterocycles. The molecule has 1 fully saturated rings. The third kappa shape index (κ3) is 2.78. The lowest BCUT2D eigenvalue weighted by molar-refractivity contribution is -0.124. The maximum absolute atomic E-state index is 12.0. The van der Waals surface area contributed by atoms with Crippen LogP contribution in [0.3, 0.4) is 0 Å². The van der Waals surface area contributed by atoms with E-state index in [0.717, 1.165) is 24.0 Å². The van der Waals surface area contributed by atoms with Gasteiger partial charge in [-0.1, -0.05) is 47.5 Å². The normalized spacial score (nSPS) is 17.3. The zero-order valence-corrected chi connectivity index (χ0v) is 12.9. The molecule has 4 heteroatoms.